The molecule has 6 rings (SSSR count). The monoisotopic (exact) mass is 534 g/mol. The van der Waals surface area contributed by atoms with E-state index in [1.807, 2.05) is 46.0 Å². The van der Waals surface area contributed by atoms with E-state index in [9.17, 15) is 18.0 Å². The Kier molecular flexibility index (Phi) is 6.33. The Labute approximate surface area is 221 Å². The lowest BCUT2D eigenvalue weighted by atomic mass is 10.0. The summed E-state index contributed by atoms with van der Waals surface area (Å²) >= 11 is 0. The summed E-state index contributed by atoms with van der Waals surface area (Å²) in [6.07, 6.45) is 5.79. The highest BCUT2D eigenvalue weighted by Gasteiger charge is 2.33. The molecule has 2 saturated heterocycles. The fraction of sp³-hybridized carbons (Fsp3) is 0.357. The number of benzene rings is 2. The van der Waals surface area contributed by atoms with E-state index in [-0.39, 0.29) is 23.3 Å². The summed E-state index contributed by atoms with van der Waals surface area (Å²) < 4.78 is 35.3. The second-order valence-electron chi connectivity index (χ2n) is 9.93. The third-order valence-corrected chi connectivity index (χ3v) is 9.54. The van der Waals surface area contributed by atoms with Gasteiger partial charge in [-0.1, -0.05) is 18.2 Å². The number of nitrogens with zero attached hydrogens (tertiary/aromatic N) is 4. The predicted molar refractivity (Wildman–Crippen MR) is 145 cm³/mol. The first kappa shape index (κ1) is 24.8. The molecule has 3 aromatic rings. The largest absolute Gasteiger partial charge is 0.379 e. The molecule has 38 heavy (non-hydrogen) atoms. The average Bonchev–Trinajstić information content (AvgIpc) is 3.65. The Morgan fingerprint density at radius 3 is 2.53 bits per heavy atom. The number of carbonyl (C=O) groups is 2. The van der Waals surface area contributed by atoms with Crippen LogP contribution in [-0.4, -0.2) is 80.4 Å². The Morgan fingerprint density at radius 2 is 1.76 bits per heavy atom. The number of fused-ring (bicyclic) bond motifs is 2. The lowest BCUT2D eigenvalue weighted by molar-refractivity contribution is -0.130. The molecule has 2 fully saturated rings. The molecule has 0 aliphatic carbocycles. The topological polar surface area (TPSA) is 92.2 Å². The lowest BCUT2D eigenvalue weighted by Gasteiger charge is -2.26. The molecule has 0 unspecified atom stereocenters. The number of carbonyl (C=O) groups excluding carboxylic acids is 2. The molecule has 4 heterocycles. The molecule has 3 aliphatic rings. The van der Waals surface area contributed by atoms with Crippen molar-refractivity contribution in [2.45, 2.75) is 24.3 Å². The van der Waals surface area contributed by atoms with Crippen LogP contribution >= 0.6 is 0 Å². The zero-order chi connectivity index (χ0) is 26.4. The van der Waals surface area contributed by atoms with Crippen molar-refractivity contribution in [2.24, 2.45) is 0 Å². The van der Waals surface area contributed by atoms with Crippen molar-refractivity contribution >= 4 is 50.1 Å². The smallest absolute Gasteiger partial charge is 0.258 e. The van der Waals surface area contributed by atoms with E-state index in [1.54, 1.807) is 30.1 Å². The molecule has 0 saturated carbocycles. The van der Waals surface area contributed by atoms with Crippen molar-refractivity contribution in [1.29, 1.82) is 0 Å². The van der Waals surface area contributed by atoms with Gasteiger partial charge in [0.15, 0.2) is 0 Å². The Bertz CT molecular complexity index is 1560. The number of sulfonamides is 1. The van der Waals surface area contributed by atoms with Crippen LogP contribution < -0.4 is 4.90 Å². The number of para-hydroxylation sites is 1. The summed E-state index contributed by atoms with van der Waals surface area (Å²) in [7, 11) is -2.03. The van der Waals surface area contributed by atoms with E-state index in [4.69, 9.17) is 4.74 Å². The molecule has 2 aromatic carbocycles. The first-order valence-electron chi connectivity index (χ1n) is 12.9. The molecule has 10 heteroatoms. The quantitative estimate of drug-likeness (QED) is 0.470. The van der Waals surface area contributed by atoms with Gasteiger partial charge in [0.05, 0.1) is 23.8 Å². The molecular formula is C28H30N4O5S. The Balaban J connectivity index is 1.40. The highest BCUT2D eigenvalue weighted by Crippen LogP contribution is 2.39. The molecular weight excluding hydrogens is 504 g/mol. The SMILES string of the molecule is CN1C(=O)/C(=C\c2cn(CC(=O)N3CCCC3)c3ccccc23)c2cc(S(=O)(=O)N3CCOCC3)ccc21. The van der Waals surface area contributed by atoms with Gasteiger partial charge in [-0.3, -0.25) is 9.59 Å². The first-order chi connectivity index (χ1) is 18.3. The normalized spacial score (nSPS) is 19.6. The number of morpholine rings is 1. The van der Waals surface area contributed by atoms with Gasteiger partial charge in [-0.15, -0.1) is 0 Å². The maximum atomic E-state index is 13.3. The maximum Gasteiger partial charge on any atom is 0.258 e. The van der Waals surface area contributed by atoms with Gasteiger partial charge in [0.2, 0.25) is 15.9 Å². The number of anilines is 1. The fourth-order valence-electron chi connectivity index (χ4n) is 5.55. The summed E-state index contributed by atoms with van der Waals surface area (Å²) in [5.41, 5.74) is 3.39. The zero-order valence-corrected chi connectivity index (χ0v) is 22.1. The molecule has 0 N–H and O–H groups in total. The second-order valence-corrected chi connectivity index (χ2v) is 11.9. The van der Waals surface area contributed by atoms with E-state index < -0.39 is 10.0 Å². The van der Waals surface area contributed by atoms with Crippen LogP contribution in [0.2, 0.25) is 0 Å². The number of hydrogen-bond donors (Lipinski definition) is 0. The van der Waals surface area contributed by atoms with Gasteiger partial charge in [0.1, 0.15) is 6.54 Å². The number of likely N-dealkylation sites (N-methyl/N-ethyl adjacent to an activating group) is 1. The van der Waals surface area contributed by atoms with Crippen LogP contribution in [0.4, 0.5) is 5.69 Å². The summed E-state index contributed by atoms with van der Waals surface area (Å²) in [5, 5.41) is 0.926. The number of aromatic nitrogens is 1. The van der Waals surface area contributed by atoms with Crippen molar-refractivity contribution < 1.29 is 22.7 Å². The number of amides is 2. The van der Waals surface area contributed by atoms with Crippen molar-refractivity contribution in [3.63, 3.8) is 0 Å². The summed E-state index contributed by atoms with van der Waals surface area (Å²) in [6, 6.07) is 12.7. The maximum absolute atomic E-state index is 13.3. The second kappa shape index (κ2) is 9.68. The summed E-state index contributed by atoms with van der Waals surface area (Å²) in [4.78, 5) is 29.8. The van der Waals surface area contributed by atoms with Gasteiger partial charge < -0.3 is 19.1 Å². The number of hydrogen-bond acceptors (Lipinski definition) is 5. The third kappa shape index (κ3) is 4.22. The van der Waals surface area contributed by atoms with Gasteiger partial charge in [-0.05, 0) is 43.2 Å². The minimum Gasteiger partial charge on any atom is -0.379 e. The lowest BCUT2D eigenvalue weighted by Crippen LogP contribution is -2.40. The van der Waals surface area contributed by atoms with Crippen LogP contribution in [0.1, 0.15) is 24.0 Å². The Hall–Kier alpha value is -3.47. The van der Waals surface area contributed by atoms with E-state index >= 15 is 0 Å². The first-order valence-corrected chi connectivity index (χ1v) is 14.4. The van der Waals surface area contributed by atoms with Gasteiger partial charge >= 0.3 is 0 Å². The van der Waals surface area contributed by atoms with E-state index in [1.165, 1.54) is 4.31 Å². The summed E-state index contributed by atoms with van der Waals surface area (Å²) in [6.45, 7) is 3.15. The summed E-state index contributed by atoms with van der Waals surface area (Å²) in [5.74, 6) is -0.117. The minimum atomic E-state index is -3.72. The van der Waals surface area contributed by atoms with Crippen LogP contribution in [-0.2, 0) is 30.9 Å². The highest BCUT2D eigenvalue weighted by molar-refractivity contribution is 7.89. The van der Waals surface area contributed by atoms with E-state index in [2.05, 4.69) is 0 Å². The zero-order valence-electron chi connectivity index (χ0n) is 21.3. The molecule has 0 radical (unpaired) electrons. The van der Waals surface area contributed by atoms with Crippen LogP contribution in [0.3, 0.4) is 0 Å². The van der Waals surface area contributed by atoms with E-state index in [0.29, 0.717) is 43.1 Å². The van der Waals surface area contributed by atoms with Crippen molar-refractivity contribution in [2.75, 3.05) is 51.3 Å². The molecule has 0 bridgehead atoms. The van der Waals surface area contributed by atoms with Crippen LogP contribution in [0.25, 0.3) is 22.6 Å². The van der Waals surface area contributed by atoms with Crippen LogP contribution in [0.15, 0.2) is 53.6 Å². The van der Waals surface area contributed by atoms with Gasteiger partial charge in [-0.25, -0.2) is 8.42 Å². The number of ether oxygens (including phenoxy) is 1. The molecule has 198 valence electrons. The molecule has 0 spiro atoms. The minimum absolute atomic E-state index is 0.0856. The van der Waals surface area contributed by atoms with Gasteiger partial charge in [-0.2, -0.15) is 4.31 Å². The van der Waals surface area contributed by atoms with Gasteiger partial charge in [0.25, 0.3) is 5.91 Å². The molecule has 3 aliphatic heterocycles. The Morgan fingerprint density at radius 1 is 1.03 bits per heavy atom. The van der Waals surface area contributed by atoms with Crippen LogP contribution in [0.5, 0.6) is 0 Å². The predicted octanol–water partition coefficient (Wildman–Crippen LogP) is 2.80. The highest BCUT2D eigenvalue weighted by atomic mass is 32.2. The van der Waals surface area contributed by atoms with E-state index in [0.717, 1.165) is 42.4 Å². The standard InChI is InChI=1S/C28H30N4O5S/c1-29-25-9-8-21(38(35,36)32-12-14-37-15-13-32)17-23(25)24(28(29)34)16-20-18-31(26-7-3-2-6-22(20)26)19-27(33)30-10-4-5-11-30/h2-3,6-9,16-18H,4-5,10-15,19H2,1H3/b24-16-. The number of rotatable bonds is 5. The average molecular weight is 535 g/mol. The van der Waals surface area contributed by atoms with Crippen molar-refractivity contribution in [1.82, 2.24) is 13.8 Å². The van der Waals surface area contributed by atoms with Crippen molar-refractivity contribution in [3.05, 3.63) is 59.8 Å². The fourth-order valence-corrected chi connectivity index (χ4v) is 6.99. The van der Waals surface area contributed by atoms with Gasteiger partial charge in [0, 0.05) is 67.0 Å². The van der Waals surface area contributed by atoms with Crippen LogP contribution in [0, 0.1) is 0 Å². The molecule has 0 atom stereocenters. The molecule has 2 amide bonds. The number of likely N-dealkylation sites (tertiary alicyclic amines) is 1. The molecule has 1 aromatic heterocycles. The van der Waals surface area contributed by atoms with Crippen molar-refractivity contribution in [3.8, 4) is 0 Å². The molecule has 9 nitrogen and oxygen atoms in total. The third-order valence-electron chi connectivity index (χ3n) is 7.65.